The van der Waals surface area contributed by atoms with Gasteiger partial charge in [-0.1, -0.05) is 12.2 Å². The van der Waals surface area contributed by atoms with Crippen molar-refractivity contribution in [2.24, 2.45) is 0 Å². The van der Waals surface area contributed by atoms with E-state index in [4.69, 9.17) is 29.5 Å². The first-order chi connectivity index (χ1) is 8.54. The smallest absolute Gasteiger partial charge is 0.303 e. The average molecular weight is 298 g/mol. The SMILES string of the molecule is O=C(O)CCC(=S)Nc1ccc2[nH]c(=S)sc2c1. The summed E-state index contributed by atoms with van der Waals surface area (Å²) in [6.07, 6.45) is 0.378. The van der Waals surface area contributed by atoms with Crippen molar-refractivity contribution < 1.29 is 9.90 Å². The quantitative estimate of drug-likeness (QED) is 0.753. The third-order valence-corrected chi connectivity index (χ3v) is 3.77. The molecule has 0 unspecified atom stereocenters. The highest BCUT2D eigenvalue weighted by molar-refractivity contribution is 7.80. The maximum absolute atomic E-state index is 10.4. The molecule has 0 aliphatic carbocycles. The second-order valence-electron chi connectivity index (χ2n) is 3.67. The second-order valence-corrected chi connectivity index (χ2v) is 5.88. The molecule has 18 heavy (non-hydrogen) atoms. The van der Waals surface area contributed by atoms with E-state index < -0.39 is 5.97 Å². The van der Waals surface area contributed by atoms with Crippen molar-refractivity contribution in [3.05, 3.63) is 22.2 Å². The summed E-state index contributed by atoms with van der Waals surface area (Å²) in [4.78, 5) is 14.0. The summed E-state index contributed by atoms with van der Waals surface area (Å²) in [5.41, 5.74) is 1.84. The number of fused-ring (bicyclic) bond motifs is 1. The number of rotatable bonds is 4. The maximum atomic E-state index is 10.4. The molecule has 0 saturated heterocycles. The molecule has 0 radical (unpaired) electrons. The van der Waals surface area contributed by atoms with Gasteiger partial charge >= 0.3 is 5.97 Å². The Bertz CT molecular complexity index is 660. The van der Waals surface area contributed by atoms with Crippen molar-refractivity contribution in [1.29, 1.82) is 0 Å². The number of aromatic nitrogens is 1. The summed E-state index contributed by atoms with van der Waals surface area (Å²) < 4.78 is 1.78. The third kappa shape index (κ3) is 3.34. The van der Waals surface area contributed by atoms with Crippen LogP contribution in [0.3, 0.4) is 0 Å². The molecule has 2 rings (SSSR count). The molecule has 1 aromatic heterocycles. The highest BCUT2D eigenvalue weighted by Gasteiger charge is 2.04. The van der Waals surface area contributed by atoms with E-state index in [9.17, 15) is 4.79 Å². The van der Waals surface area contributed by atoms with Crippen molar-refractivity contribution in [3.8, 4) is 0 Å². The van der Waals surface area contributed by atoms with Crippen LogP contribution in [0.1, 0.15) is 12.8 Å². The van der Waals surface area contributed by atoms with Crippen molar-refractivity contribution in [1.82, 2.24) is 4.98 Å². The Kier molecular flexibility index (Phi) is 4.05. The Balaban J connectivity index is 2.09. The number of carbonyl (C=O) groups is 1. The van der Waals surface area contributed by atoms with E-state index in [2.05, 4.69) is 10.3 Å². The summed E-state index contributed by atoms with van der Waals surface area (Å²) in [5, 5.41) is 11.6. The van der Waals surface area contributed by atoms with E-state index in [1.807, 2.05) is 18.2 Å². The van der Waals surface area contributed by atoms with Crippen LogP contribution in [-0.2, 0) is 4.79 Å². The first-order valence-electron chi connectivity index (χ1n) is 5.19. The van der Waals surface area contributed by atoms with E-state index >= 15 is 0 Å². The van der Waals surface area contributed by atoms with Gasteiger partial charge < -0.3 is 15.4 Å². The molecule has 0 saturated carbocycles. The van der Waals surface area contributed by atoms with Gasteiger partial charge in [0.05, 0.1) is 21.6 Å². The van der Waals surface area contributed by atoms with Crippen LogP contribution in [-0.4, -0.2) is 21.0 Å². The van der Waals surface area contributed by atoms with E-state index in [1.165, 1.54) is 11.3 Å². The zero-order valence-electron chi connectivity index (χ0n) is 9.23. The number of carboxylic acids is 1. The molecule has 0 amide bonds. The van der Waals surface area contributed by atoms with Crippen LogP contribution in [0.2, 0.25) is 0 Å². The Morgan fingerprint density at radius 3 is 2.94 bits per heavy atom. The van der Waals surface area contributed by atoms with Crippen LogP contribution in [0.4, 0.5) is 5.69 Å². The van der Waals surface area contributed by atoms with Gasteiger partial charge in [-0.3, -0.25) is 4.79 Å². The molecule has 2 aromatic rings. The Labute approximate surface area is 118 Å². The molecule has 7 heteroatoms. The molecule has 4 nitrogen and oxygen atoms in total. The first kappa shape index (κ1) is 13.1. The highest BCUT2D eigenvalue weighted by Crippen LogP contribution is 2.23. The molecule has 3 N–H and O–H groups in total. The number of thiocarbonyl (C=S) groups is 1. The summed E-state index contributed by atoms with van der Waals surface area (Å²) in [7, 11) is 0. The molecular formula is C11H10N2O2S3. The largest absolute Gasteiger partial charge is 0.481 e. The molecular weight excluding hydrogens is 288 g/mol. The molecule has 94 valence electrons. The number of hydrogen-bond donors (Lipinski definition) is 3. The fourth-order valence-electron chi connectivity index (χ4n) is 1.47. The summed E-state index contributed by atoms with van der Waals surface area (Å²) >= 11 is 11.6. The van der Waals surface area contributed by atoms with Crippen molar-refractivity contribution >= 4 is 62.6 Å². The number of nitrogens with one attached hydrogen (secondary N) is 2. The highest BCUT2D eigenvalue weighted by atomic mass is 32.1. The number of benzene rings is 1. The van der Waals surface area contributed by atoms with Crippen LogP contribution in [0.15, 0.2) is 18.2 Å². The van der Waals surface area contributed by atoms with Gasteiger partial charge in [0, 0.05) is 12.1 Å². The van der Waals surface area contributed by atoms with Gasteiger partial charge in [-0.05, 0) is 30.4 Å². The molecule has 1 heterocycles. The number of aromatic amines is 1. The van der Waals surface area contributed by atoms with E-state index in [1.54, 1.807) is 0 Å². The Morgan fingerprint density at radius 2 is 2.22 bits per heavy atom. The fraction of sp³-hybridized carbons (Fsp3) is 0.182. The monoisotopic (exact) mass is 298 g/mol. The number of thiazole rings is 1. The molecule has 0 bridgehead atoms. The number of aliphatic carboxylic acids is 1. The van der Waals surface area contributed by atoms with E-state index in [0.29, 0.717) is 11.4 Å². The second kappa shape index (κ2) is 5.55. The van der Waals surface area contributed by atoms with Gasteiger partial charge in [-0.2, -0.15) is 0 Å². The lowest BCUT2D eigenvalue weighted by Crippen LogP contribution is -2.10. The minimum atomic E-state index is -0.849. The molecule has 0 aliphatic heterocycles. The van der Waals surface area contributed by atoms with Gasteiger partial charge in [-0.15, -0.1) is 11.3 Å². The lowest BCUT2D eigenvalue weighted by molar-refractivity contribution is -0.136. The van der Waals surface area contributed by atoms with Gasteiger partial charge in [0.15, 0.2) is 3.95 Å². The zero-order chi connectivity index (χ0) is 13.1. The van der Waals surface area contributed by atoms with Gasteiger partial charge in [0.2, 0.25) is 0 Å². The normalized spacial score (nSPS) is 10.4. The van der Waals surface area contributed by atoms with Crippen LogP contribution in [0.25, 0.3) is 10.2 Å². The molecule has 1 aromatic carbocycles. The lowest BCUT2D eigenvalue weighted by Gasteiger charge is -2.06. The van der Waals surface area contributed by atoms with Crippen LogP contribution in [0.5, 0.6) is 0 Å². The maximum Gasteiger partial charge on any atom is 0.303 e. The molecule has 0 aliphatic rings. The summed E-state index contributed by atoms with van der Waals surface area (Å²) in [6, 6.07) is 5.75. The Morgan fingerprint density at radius 1 is 1.44 bits per heavy atom. The fourth-order valence-corrected chi connectivity index (χ4v) is 2.84. The number of hydrogen-bond acceptors (Lipinski definition) is 4. The standard InChI is InChI=1S/C11H10N2O2S3/c14-10(15)4-3-9(16)12-6-1-2-7-8(5-6)18-11(17)13-7/h1-2,5H,3-4H2,(H,12,16)(H,13,17)(H,14,15). The van der Waals surface area contributed by atoms with Gasteiger partial charge in [-0.25, -0.2) is 0 Å². The van der Waals surface area contributed by atoms with Crippen LogP contribution >= 0.6 is 35.8 Å². The summed E-state index contributed by atoms with van der Waals surface area (Å²) in [5.74, 6) is -0.849. The minimum absolute atomic E-state index is 0.0389. The predicted molar refractivity (Wildman–Crippen MR) is 80.1 cm³/mol. The number of anilines is 1. The number of carboxylic acid groups (broad SMARTS) is 1. The Hall–Kier alpha value is -1.31. The van der Waals surface area contributed by atoms with E-state index in [0.717, 1.165) is 19.9 Å². The van der Waals surface area contributed by atoms with Crippen molar-refractivity contribution in [2.45, 2.75) is 12.8 Å². The number of H-pyrrole nitrogens is 1. The summed E-state index contributed by atoms with van der Waals surface area (Å²) in [6.45, 7) is 0. The first-order valence-corrected chi connectivity index (χ1v) is 6.82. The topological polar surface area (TPSA) is 65.1 Å². The minimum Gasteiger partial charge on any atom is -0.481 e. The molecule has 0 atom stereocenters. The van der Waals surface area contributed by atoms with Crippen molar-refractivity contribution in [2.75, 3.05) is 5.32 Å². The zero-order valence-corrected chi connectivity index (χ0v) is 11.7. The van der Waals surface area contributed by atoms with Gasteiger partial charge in [0.1, 0.15) is 0 Å². The molecule has 0 fully saturated rings. The van der Waals surface area contributed by atoms with E-state index in [-0.39, 0.29) is 6.42 Å². The molecule has 0 spiro atoms. The average Bonchev–Trinajstić information content (AvgIpc) is 2.66. The van der Waals surface area contributed by atoms with Crippen LogP contribution < -0.4 is 5.32 Å². The lowest BCUT2D eigenvalue weighted by atomic mass is 10.2. The van der Waals surface area contributed by atoms with Gasteiger partial charge in [0.25, 0.3) is 0 Å². The van der Waals surface area contributed by atoms with Crippen LogP contribution in [0, 0.1) is 3.95 Å². The van der Waals surface area contributed by atoms with Crippen molar-refractivity contribution in [3.63, 3.8) is 0 Å². The third-order valence-electron chi connectivity index (χ3n) is 2.27. The predicted octanol–water partition coefficient (Wildman–Crippen LogP) is 3.56.